The van der Waals surface area contributed by atoms with Gasteiger partial charge in [-0.25, -0.2) is 14.8 Å². The first-order chi connectivity index (χ1) is 8.02. The van der Waals surface area contributed by atoms with Crippen molar-refractivity contribution in [1.29, 1.82) is 0 Å². The first-order valence-corrected chi connectivity index (χ1v) is 5.56. The highest BCUT2D eigenvalue weighted by Gasteiger charge is 2.04. The number of amides is 2. The number of nitrogens with zero attached hydrogens (tertiary/aromatic N) is 3. The van der Waals surface area contributed by atoms with Crippen LogP contribution in [0.3, 0.4) is 0 Å². The van der Waals surface area contributed by atoms with Crippen molar-refractivity contribution >= 4 is 23.4 Å². The summed E-state index contributed by atoms with van der Waals surface area (Å²) in [6, 6.07) is -0.121. The predicted molar refractivity (Wildman–Crippen MR) is 67.4 cm³/mol. The Labute approximate surface area is 105 Å². The normalized spacial score (nSPS) is 9.88. The Morgan fingerprint density at radius 1 is 1.41 bits per heavy atom. The maximum absolute atomic E-state index is 11.2. The number of hydrogen-bond donors (Lipinski definition) is 2. The van der Waals surface area contributed by atoms with E-state index in [1.807, 2.05) is 6.92 Å². The quantitative estimate of drug-likeness (QED) is 0.627. The smallest absolute Gasteiger partial charge is 0.316 e. The van der Waals surface area contributed by atoms with Crippen LogP contribution >= 0.6 is 11.6 Å². The van der Waals surface area contributed by atoms with Crippen LogP contribution in [0, 0.1) is 6.92 Å². The average Bonchev–Trinajstić information content (AvgIpc) is 2.29. The van der Waals surface area contributed by atoms with Crippen molar-refractivity contribution in [2.75, 3.05) is 32.5 Å². The molecule has 0 saturated heterocycles. The minimum absolute atomic E-state index is 0.121. The Bertz CT molecular complexity index is 396. The summed E-state index contributed by atoms with van der Waals surface area (Å²) in [4.78, 5) is 20.6. The van der Waals surface area contributed by atoms with Gasteiger partial charge in [0.2, 0.25) is 0 Å². The van der Waals surface area contributed by atoms with Crippen molar-refractivity contribution in [2.45, 2.75) is 6.92 Å². The number of hydrogen-bond acceptors (Lipinski definition) is 4. The number of anilines is 1. The van der Waals surface area contributed by atoms with E-state index in [-0.39, 0.29) is 6.03 Å². The van der Waals surface area contributed by atoms with Crippen LogP contribution < -0.4 is 10.6 Å². The molecule has 0 atom stereocenters. The van der Waals surface area contributed by atoms with Gasteiger partial charge in [0.1, 0.15) is 17.3 Å². The van der Waals surface area contributed by atoms with E-state index in [1.54, 1.807) is 14.1 Å². The summed E-state index contributed by atoms with van der Waals surface area (Å²) in [5.74, 6) is 0.684. The molecule has 1 aromatic heterocycles. The molecular formula is C10H16ClN5O. The number of halogens is 1. The number of carbonyl (C=O) groups is 1. The van der Waals surface area contributed by atoms with Gasteiger partial charge >= 0.3 is 6.03 Å². The molecular weight excluding hydrogens is 242 g/mol. The molecule has 0 aliphatic heterocycles. The lowest BCUT2D eigenvalue weighted by molar-refractivity contribution is 0.218. The Kier molecular flexibility index (Phi) is 4.96. The zero-order valence-corrected chi connectivity index (χ0v) is 10.9. The largest absolute Gasteiger partial charge is 0.368 e. The monoisotopic (exact) mass is 257 g/mol. The van der Waals surface area contributed by atoms with Gasteiger partial charge in [-0.1, -0.05) is 11.6 Å². The fourth-order valence-electron chi connectivity index (χ4n) is 1.12. The lowest BCUT2D eigenvalue weighted by Crippen LogP contribution is -2.37. The molecule has 7 heteroatoms. The molecule has 0 fully saturated rings. The second-order valence-corrected chi connectivity index (χ2v) is 4.05. The first kappa shape index (κ1) is 13.5. The maximum Gasteiger partial charge on any atom is 0.316 e. The molecule has 0 aromatic carbocycles. The van der Waals surface area contributed by atoms with Crippen molar-refractivity contribution in [2.24, 2.45) is 0 Å². The van der Waals surface area contributed by atoms with Gasteiger partial charge in [-0.15, -0.1) is 0 Å². The van der Waals surface area contributed by atoms with E-state index < -0.39 is 0 Å². The fourth-order valence-corrected chi connectivity index (χ4v) is 1.25. The highest BCUT2D eigenvalue weighted by Crippen LogP contribution is 2.17. The fraction of sp³-hybridized carbons (Fsp3) is 0.500. The van der Waals surface area contributed by atoms with Crippen LogP contribution in [0.2, 0.25) is 5.15 Å². The SMILES string of the molecule is Cc1c(Cl)ncnc1NCCNC(=O)N(C)C. The lowest BCUT2D eigenvalue weighted by Gasteiger charge is -2.13. The van der Waals surface area contributed by atoms with Crippen LogP contribution in [0.15, 0.2) is 6.33 Å². The van der Waals surface area contributed by atoms with Gasteiger partial charge in [0.15, 0.2) is 0 Å². The Morgan fingerprint density at radius 3 is 2.76 bits per heavy atom. The molecule has 0 saturated carbocycles. The maximum atomic E-state index is 11.2. The lowest BCUT2D eigenvalue weighted by atomic mass is 10.3. The molecule has 1 aromatic rings. The molecule has 17 heavy (non-hydrogen) atoms. The number of aromatic nitrogens is 2. The second-order valence-electron chi connectivity index (χ2n) is 3.69. The Hall–Kier alpha value is -1.56. The predicted octanol–water partition coefficient (Wildman–Crippen LogP) is 1.12. The Balaban J connectivity index is 2.36. The standard InChI is InChI=1S/C10H16ClN5O/c1-7-8(11)14-6-15-9(7)12-4-5-13-10(17)16(2)3/h6H,4-5H2,1-3H3,(H,13,17)(H,12,14,15). The van der Waals surface area contributed by atoms with E-state index in [2.05, 4.69) is 20.6 Å². The van der Waals surface area contributed by atoms with Gasteiger partial charge < -0.3 is 15.5 Å². The topological polar surface area (TPSA) is 70.1 Å². The molecule has 6 nitrogen and oxygen atoms in total. The molecule has 1 rings (SSSR count). The zero-order valence-electron chi connectivity index (χ0n) is 10.1. The Morgan fingerprint density at radius 2 is 2.12 bits per heavy atom. The van der Waals surface area contributed by atoms with Crippen molar-refractivity contribution in [1.82, 2.24) is 20.2 Å². The first-order valence-electron chi connectivity index (χ1n) is 5.18. The van der Waals surface area contributed by atoms with Gasteiger partial charge in [0, 0.05) is 32.7 Å². The highest BCUT2D eigenvalue weighted by atomic mass is 35.5. The minimum Gasteiger partial charge on any atom is -0.368 e. The molecule has 1 heterocycles. The van der Waals surface area contributed by atoms with Gasteiger partial charge in [0.25, 0.3) is 0 Å². The average molecular weight is 258 g/mol. The molecule has 2 N–H and O–H groups in total. The third-order valence-corrected chi connectivity index (χ3v) is 2.50. The van der Waals surface area contributed by atoms with Gasteiger partial charge in [-0.2, -0.15) is 0 Å². The van der Waals surface area contributed by atoms with E-state index in [9.17, 15) is 4.79 Å². The van der Waals surface area contributed by atoms with Crippen LogP contribution in [0.25, 0.3) is 0 Å². The molecule has 2 amide bonds. The van der Waals surface area contributed by atoms with Gasteiger partial charge in [-0.3, -0.25) is 0 Å². The van der Waals surface area contributed by atoms with Crippen molar-refractivity contribution in [3.8, 4) is 0 Å². The summed E-state index contributed by atoms with van der Waals surface area (Å²) in [7, 11) is 3.38. The summed E-state index contributed by atoms with van der Waals surface area (Å²) < 4.78 is 0. The van der Waals surface area contributed by atoms with E-state index in [0.717, 1.165) is 5.56 Å². The second kappa shape index (κ2) is 6.24. The van der Waals surface area contributed by atoms with Crippen molar-refractivity contribution in [3.63, 3.8) is 0 Å². The summed E-state index contributed by atoms with van der Waals surface area (Å²) in [5.41, 5.74) is 0.799. The van der Waals surface area contributed by atoms with Crippen LogP contribution in [-0.4, -0.2) is 48.1 Å². The molecule has 0 aliphatic carbocycles. The zero-order chi connectivity index (χ0) is 12.8. The number of carbonyl (C=O) groups excluding carboxylic acids is 1. The number of nitrogens with one attached hydrogen (secondary N) is 2. The van der Waals surface area contributed by atoms with Crippen molar-refractivity contribution in [3.05, 3.63) is 17.0 Å². The third kappa shape index (κ3) is 4.07. The van der Waals surface area contributed by atoms with Crippen LogP contribution in [-0.2, 0) is 0 Å². The van der Waals surface area contributed by atoms with Crippen molar-refractivity contribution < 1.29 is 4.79 Å². The summed E-state index contributed by atoms with van der Waals surface area (Å²) in [6.07, 6.45) is 1.40. The summed E-state index contributed by atoms with van der Waals surface area (Å²) in [5, 5.41) is 6.24. The van der Waals surface area contributed by atoms with Gasteiger partial charge in [-0.05, 0) is 6.92 Å². The molecule has 0 bridgehead atoms. The van der Waals surface area contributed by atoms with Crippen LogP contribution in [0.1, 0.15) is 5.56 Å². The minimum atomic E-state index is -0.121. The summed E-state index contributed by atoms with van der Waals surface area (Å²) in [6.45, 7) is 2.93. The number of urea groups is 1. The molecule has 0 spiro atoms. The van der Waals surface area contributed by atoms with E-state index in [0.29, 0.717) is 24.1 Å². The highest BCUT2D eigenvalue weighted by molar-refractivity contribution is 6.30. The van der Waals surface area contributed by atoms with Crippen LogP contribution in [0.5, 0.6) is 0 Å². The van der Waals surface area contributed by atoms with E-state index in [4.69, 9.17) is 11.6 Å². The third-order valence-electron chi connectivity index (χ3n) is 2.12. The van der Waals surface area contributed by atoms with Crippen LogP contribution in [0.4, 0.5) is 10.6 Å². The molecule has 94 valence electrons. The summed E-state index contributed by atoms with van der Waals surface area (Å²) >= 11 is 5.85. The molecule has 0 radical (unpaired) electrons. The van der Waals surface area contributed by atoms with E-state index >= 15 is 0 Å². The molecule has 0 unspecified atom stereocenters. The van der Waals surface area contributed by atoms with E-state index in [1.165, 1.54) is 11.2 Å². The van der Waals surface area contributed by atoms with Gasteiger partial charge in [0.05, 0.1) is 0 Å². The molecule has 0 aliphatic rings. The number of rotatable bonds is 4.